The molecule has 4 aliphatic rings. The first kappa shape index (κ1) is 17.7. The Hall–Kier alpha value is -0.750. The molecule has 0 radical (unpaired) electrons. The average molecular weight is 367 g/mol. The van der Waals surface area contributed by atoms with E-state index >= 15 is 0 Å². The van der Waals surface area contributed by atoms with Crippen molar-refractivity contribution in [2.24, 2.45) is 11.3 Å². The zero-order valence-corrected chi connectivity index (χ0v) is 15.9. The molecule has 5 nitrogen and oxygen atoms in total. The summed E-state index contributed by atoms with van der Waals surface area (Å²) in [6.07, 6.45) is 7.47. The standard InChI is InChI=1S/C19H30N2O3S/c22-17(13-25-12-15-2-3-15)20-9-7-19(14-20)6-1-8-21(18(19)23)16-4-10-24-11-5-16/h15-16H,1-14H2/t19-/m0/s1. The van der Waals surface area contributed by atoms with Crippen molar-refractivity contribution in [2.75, 3.05) is 44.4 Å². The summed E-state index contributed by atoms with van der Waals surface area (Å²) in [6.45, 7) is 3.83. The Bertz CT molecular complexity index is 519. The van der Waals surface area contributed by atoms with Crippen molar-refractivity contribution in [1.29, 1.82) is 0 Å². The van der Waals surface area contributed by atoms with Crippen LogP contribution < -0.4 is 0 Å². The minimum absolute atomic E-state index is 0.235. The maximum Gasteiger partial charge on any atom is 0.232 e. The average Bonchev–Trinajstić information content (AvgIpc) is 3.36. The second-order valence-electron chi connectivity index (χ2n) is 8.25. The Kier molecular flexibility index (Phi) is 5.28. The maximum absolute atomic E-state index is 13.3. The summed E-state index contributed by atoms with van der Waals surface area (Å²) in [4.78, 5) is 29.9. The van der Waals surface area contributed by atoms with E-state index in [0.29, 0.717) is 24.2 Å². The number of piperidine rings is 1. The fraction of sp³-hybridized carbons (Fsp3) is 0.895. The predicted molar refractivity (Wildman–Crippen MR) is 98.5 cm³/mol. The first-order valence-electron chi connectivity index (χ1n) is 9.92. The van der Waals surface area contributed by atoms with Crippen LogP contribution in [0, 0.1) is 11.3 Å². The van der Waals surface area contributed by atoms with Crippen LogP contribution in [0.4, 0.5) is 0 Å². The number of thioether (sulfide) groups is 1. The minimum atomic E-state index is -0.298. The Balaban J connectivity index is 1.34. The third-order valence-electron chi connectivity index (χ3n) is 6.38. The fourth-order valence-electron chi connectivity index (χ4n) is 4.60. The van der Waals surface area contributed by atoms with Gasteiger partial charge in [-0.15, -0.1) is 0 Å². The van der Waals surface area contributed by atoms with Crippen LogP contribution in [0.5, 0.6) is 0 Å². The molecule has 0 aromatic rings. The van der Waals surface area contributed by atoms with Gasteiger partial charge in [-0.3, -0.25) is 9.59 Å². The van der Waals surface area contributed by atoms with Gasteiger partial charge in [-0.1, -0.05) is 0 Å². The minimum Gasteiger partial charge on any atom is -0.381 e. The van der Waals surface area contributed by atoms with Crippen LogP contribution in [0.15, 0.2) is 0 Å². The molecule has 0 unspecified atom stereocenters. The number of amides is 2. The van der Waals surface area contributed by atoms with Crippen molar-refractivity contribution in [1.82, 2.24) is 9.80 Å². The highest BCUT2D eigenvalue weighted by Crippen LogP contribution is 2.41. The molecule has 1 saturated carbocycles. The molecule has 0 bridgehead atoms. The molecule has 0 aromatic carbocycles. The molecule has 3 saturated heterocycles. The van der Waals surface area contributed by atoms with E-state index in [1.165, 1.54) is 12.8 Å². The quantitative estimate of drug-likeness (QED) is 0.748. The van der Waals surface area contributed by atoms with Gasteiger partial charge in [0.25, 0.3) is 0 Å². The lowest BCUT2D eigenvalue weighted by Gasteiger charge is -2.44. The third-order valence-corrected chi connectivity index (χ3v) is 7.54. The molecule has 140 valence electrons. The molecule has 0 N–H and O–H groups in total. The number of hydrogen-bond donors (Lipinski definition) is 0. The summed E-state index contributed by atoms with van der Waals surface area (Å²) in [6, 6.07) is 0.345. The predicted octanol–water partition coefficient (Wildman–Crippen LogP) is 2.15. The second kappa shape index (κ2) is 7.47. The summed E-state index contributed by atoms with van der Waals surface area (Å²) in [7, 11) is 0. The highest BCUT2D eigenvalue weighted by Gasteiger charge is 2.50. The first-order valence-corrected chi connectivity index (χ1v) is 11.1. The van der Waals surface area contributed by atoms with Gasteiger partial charge in [-0.25, -0.2) is 0 Å². The molecule has 0 aromatic heterocycles. The van der Waals surface area contributed by atoms with Gasteiger partial charge < -0.3 is 14.5 Å². The van der Waals surface area contributed by atoms with E-state index in [1.807, 2.05) is 4.90 Å². The van der Waals surface area contributed by atoms with Crippen LogP contribution >= 0.6 is 11.8 Å². The van der Waals surface area contributed by atoms with Crippen LogP contribution in [0.1, 0.15) is 44.9 Å². The molecule has 4 rings (SSSR count). The maximum atomic E-state index is 13.3. The van der Waals surface area contributed by atoms with Gasteiger partial charge >= 0.3 is 0 Å². The largest absolute Gasteiger partial charge is 0.381 e. The van der Waals surface area contributed by atoms with Crippen LogP contribution in [-0.4, -0.2) is 72.0 Å². The van der Waals surface area contributed by atoms with Gasteiger partial charge in [0.05, 0.1) is 11.2 Å². The van der Waals surface area contributed by atoms with Crippen molar-refractivity contribution >= 4 is 23.6 Å². The molecular formula is C19H30N2O3S. The van der Waals surface area contributed by atoms with Crippen LogP contribution in [0.25, 0.3) is 0 Å². The molecule has 1 atom stereocenters. The Morgan fingerprint density at radius 3 is 2.72 bits per heavy atom. The summed E-state index contributed by atoms with van der Waals surface area (Å²) < 4.78 is 5.46. The summed E-state index contributed by atoms with van der Waals surface area (Å²) in [5, 5.41) is 0. The van der Waals surface area contributed by atoms with Gasteiger partial charge in [0.15, 0.2) is 0 Å². The van der Waals surface area contributed by atoms with Crippen LogP contribution in [-0.2, 0) is 14.3 Å². The number of carbonyl (C=O) groups excluding carboxylic acids is 2. The van der Waals surface area contributed by atoms with Crippen LogP contribution in [0.2, 0.25) is 0 Å². The fourth-order valence-corrected chi connectivity index (χ4v) is 5.74. The van der Waals surface area contributed by atoms with Gasteiger partial charge in [0.2, 0.25) is 11.8 Å². The normalized spacial score (nSPS) is 31.1. The van der Waals surface area contributed by atoms with E-state index in [4.69, 9.17) is 4.74 Å². The SMILES string of the molecule is O=C(CSCC1CC1)N1CC[C@@]2(CCCN(C3CCOCC3)C2=O)C1. The smallest absolute Gasteiger partial charge is 0.232 e. The molecule has 25 heavy (non-hydrogen) atoms. The van der Waals surface area contributed by atoms with E-state index in [2.05, 4.69) is 4.90 Å². The summed E-state index contributed by atoms with van der Waals surface area (Å²) in [5.74, 6) is 3.12. The molecule has 1 spiro atoms. The van der Waals surface area contributed by atoms with Crippen molar-refractivity contribution in [3.63, 3.8) is 0 Å². The van der Waals surface area contributed by atoms with Gasteiger partial charge in [-0.2, -0.15) is 11.8 Å². The zero-order chi connectivity index (χ0) is 17.3. The molecule has 3 aliphatic heterocycles. The van der Waals surface area contributed by atoms with E-state index in [-0.39, 0.29) is 11.3 Å². The number of rotatable bonds is 5. The van der Waals surface area contributed by atoms with Crippen LogP contribution in [0.3, 0.4) is 0 Å². The summed E-state index contributed by atoms with van der Waals surface area (Å²) >= 11 is 1.78. The first-order chi connectivity index (χ1) is 12.2. The molecule has 2 amide bonds. The highest BCUT2D eigenvalue weighted by atomic mass is 32.2. The zero-order valence-electron chi connectivity index (χ0n) is 15.1. The molecule has 3 heterocycles. The molecular weight excluding hydrogens is 336 g/mol. The number of hydrogen-bond acceptors (Lipinski definition) is 4. The van der Waals surface area contributed by atoms with E-state index < -0.39 is 0 Å². The summed E-state index contributed by atoms with van der Waals surface area (Å²) in [5.41, 5.74) is -0.298. The van der Waals surface area contributed by atoms with Crippen molar-refractivity contribution < 1.29 is 14.3 Å². The molecule has 4 fully saturated rings. The molecule has 6 heteroatoms. The van der Waals surface area contributed by atoms with E-state index in [0.717, 1.165) is 70.1 Å². The van der Waals surface area contributed by atoms with Gasteiger partial charge in [-0.05, 0) is 56.6 Å². The topological polar surface area (TPSA) is 49.9 Å². The Morgan fingerprint density at radius 2 is 1.96 bits per heavy atom. The van der Waals surface area contributed by atoms with E-state index in [9.17, 15) is 9.59 Å². The Morgan fingerprint density at radius 1 is 1.16 bits per heavy atom. The van der Waals surface area contributed by atoms with Gasteiger partial charge in [0.1, 0.15) is 0 Å². The Labute approximate surface area is 154 Å². The third kappa shape index (κ3) is 3.85. The lowest BCUT2D eigenvalue weighted by atomic mass is 9.77. The van der Waals surface area contributed by atoms with Crippen molar-refractivity contribution in [3.05, 3.63) is 0 Å². The number of carbonyl (C=O) groups is 2. The lowest BCUT2D eigenvalue weighted by molar-refractivity contribution is -0.150. The monoisotopic (exact) mass is 366 g/mol. The number of ether oxygens (including phenoxy) is 1. The number of nitrogens with zero attached hydrogens (tertiary/aromatic N) is 2. The highest BCUT2D eigenvalue weighted by molar-refractivity contribution is 7.99. The number of likely N-dealkylation sites (tertiary alicyclic amines) is 2. The van der Waals surface area contributed by atoms with Crippen molar-refractivity contribution in [2.45, 2.75) is 51.0 Å². The van der Waals surface area contributed by atoms with Gasteiger partial charge in [0, 0.05) is 38.9 Å². The molecule has 1 aliphatic carbocycles. The lowest BCUT2D eigenvalue weighted by Crippen LogP contribution is -2.55. The van der Waals surface area contributed by atoms with E-state index in [1.54, 1.807) is 11.8 Å². The second-order valence-corrected chi connectivity index (χ2v) is 9.28. The van der Waals surface area contributed by atoms with Crippen molar-refractivity contribution in [3.8, 4) is 0 Å².